The second-order valence-corrected chi connectivity index (χ2v) is 8.10. The van der Waals surface area contributed by atoms with Crippen LogP contribution in [0.1, 0.15) is 55.7 Å². The van der Waals surface area contributed by atoms with Crippen LogP contribution in [-0.4, -0.2) is 10.5 Å². The monoisotopic (exact) mass is 300 g/mol. The van der Waals surface area contributed by atoms with E-state index in [0.29, 0.717) is 5.92 Å². The fourth-order valence-electron chi connectivity index (χ4n) is 2.44. The largest absolute Gasteiger partial charge is 0.307 e. The van der Waals surface area contributed by atoms with Gasteiger partial charge in [-0.3, -0.25) is 0 Å². The zero-order chi connectivity index (χ0) is 15.0. The minimum atomic E-state index is 0.146. The highest BCUT2D eigenvalue weighted by molar-refractivity contribution is 7.15. The molecule has 0 unspecified atom stereocenters. The number of hydrogen-bond donors (Lipinski definition) is 1. The van der Waals surface area contributed by atoms with Crippen LogP contribution in [0.5, 0.6) is 0 Å². The summed E-state index contributed by atoms with van der Waals surface area (Å²) in [6, 6.07) is 8.55. The Hall–Kier alpha value is -1.19. The number of rotatable bonds is 4. The molecule has 112 valence electrons. The lowest BCUT2D eigenvalue weighted by atomic mass is 10.1. The van der Waals surface area contributed by atoms with Crippen molar-refractivity contribution in [2.45, 2.75) is 58.5 Å². The van der Waals surface area contributed by atoms with Crippen molar-refractivity contribution < 1.29 is 0 Å². The summed E-state index contributed by atoms with van der Waals surface area (Å²) < 4.78 is 0. The van der Waals surface area contributed by atoms with Gasteiger partial charge >= 0.3 is 0 Å². The van der Waals surface area contributed by atoms with Gasteiger partial charge in [0.25, 0.3) is 0 Å². The molecule has 1 aromatic heterocycles. The molecule has 0 atom stereocenters. The molecule has 0 aliphatic heterocycles. The standard InChI is InChI=1S/C18H24N2S/c1-12-7-5-6-8-14(12)17-20-16(13-9-10-13)15(21-17)11-19-18(2,3)4/h5-8,13,19H,9-11H2,1-4H3. The summed E-state index contributed by atoms with van der Waals surface area (Å²) in [6.45, 7) is 9.74. The first kappa shape index (κ1) is 14.7. The van der Waals surface area contributed by atoms with Gasteiger partial charge in [0.05, 0.1) is 5.69 Å². The molecule has 0 amide bonds. The molecule has 1 aromatic carbocycles. The van der Waals surface area contributed by atoms with Gasteiger partial charge in [0.2, 0.25) is 0 Å². The van der Waals surface area contributed by atoms with Crippen molar-refractivity contribution in [3.63, 3.8) is 0 Å². The van der Waals surface area contributed by atoms with E-state index in [1.165, 1.54) is 39.5 Å². The van der Waals surface area contributed by atoms with Crippen molar-refractivity contribution in [3.05, 3.63) is 40.4 Å². The Labute approximate surface area is 131 Å². The van der Waals surface area contributed by atoms with Crippen molar-refractivity contribution >= 4 is 11.3 Å². The molecule has 2 aromatic rings. The van der Waals surface area contributed by atoms with Crippen molar-refractivity contribution in [2.24, 2.45) is 0 Å². The zero-order valence-corrected chi connectivity index (χ0v) is 14.2. The summed E-state index contributed by atoms with van der Waals surface area (Å²) in [5.74, 6) is 0.704. The Morgan fingerprint density at radius 1 is 1.24 bits per heavy atom. The summed E-state index contributed by atoms with van der Waals surface area (Å²) in [7, 11) is 0. The molecule has 3 rings (SSSR count). The Balaban J connectivity index is 1.91. The van der Waals surface area contributed by atoms with Crippen LogP contribution in [0.15, 0.2) is 24.3 Å². The van der Waals surface area contributed by atoms with Gasteiger partial charge < -0.3 is 5.32 Å². The first-order valence-electron chi connectivity index (χ1n) is 7.75. The van der Waals surface area contributed by atoms with Crippen molar-refractivity contribution in [2.75, 3.05) is 0 Å². The summed E-state index contributed by atoms with van der Waals surface area (Å²) in [4.78, 5) is 6.40. The van der Waals surface area contributed by atoms with E-state index in [-0.39, 0.29) is 5.54 Å². The van der Waals surface area contributed by atoms with Gasteiger partial charge in [-0.1, -0.05) is 24.3 Å². The lowest BCUT2D eigenvalue weighted by Gasteiger charge is -2.20. The molecular formula is C18H24N2S. The Morgan fingerprint density at radius 2 is 1.95 bits per heavy atom. The average Bonchev–Trinajstić information content (AvgIpc) is 3.17. The van der Waals surface area contributed by atoms with Crippen molar-refractivity contribution in [1.82, 2.24) is 10.3 Å². The molecule has 21 heavy (non-hydrogen) atoms. The fraction of sp³-hybridized carbons (Fsp3) is 0.500. The highest BCUT2D eigenvalue weighted by atomic mass is 32.1. The van der Waals surface area contributed by atoms with E-state index < -0.39 is 0 Å². The van der Waals surface area contributed by atoms with Gasteiger partial charge in [0.1, 0.15) is 5.01 Å². The molecule has 1 heterocycles. The SMILES string of the molecule is Cc1ccccc1-c1nc(C2CC2)c(CNC(C)(C)C)s1. The van der Waals surface area contributed by atoms with Crippen LogP contribution in [0.2, 0.25) is 0 Å². The van der Waals surface area contributed by atoms with Gasteiger partial charge in [-0.2, -0.15) is 0 Å². The van der Waals surface area contributed by atoms with E-state index in [0.717, 1.165) is 6.54 Å². The van der Waals surface area contributed by atoms with Crippen LogP contribution in [-0.2, 0) is 6.54 Å². The van der Waals surface area contributed by atoms with E-state index in [4.69, 9.17) is 4.98 Å². The predicted molar refractivity (Wildman–Crippen MR) is 90.9 cm³/mol. The minimum Gasteiger partial charge on any atom is -0.307 e. The minimum absolute atomic E-state index is 0.146. The van der Waals surface area contributed by atoms with Crippen LogP contribution in [0, 0.1) is 6.92 Å². The third-order valence-corrected chi connectivity index (χ3v) is 4.95. The normalized spacial score (nSPS) is 15.4. The molecule has 0 bridgehead atoms. The van der Waals surface area contributed by atoms with Gasteiger partial charge in [-0.05, 0) is 46.1 Å². The third kappa shape index (κ3) is 3.53. The second kappa shape index (κ2) is 5.54. The fourth-order valence-corrected chi connectivity index (χ4v) is 3.62. The Kier molecular flexibility index (Phi) is 3.89. The first-order chi connectivity index (χ1) is 9.94. The third-order valence-electron chi connectivity index (χ3n) is 3.85. The van der Waals surface area contributed by atoms with E-state index in [1.807, 2.05) is 11.3 Å². The molecule has 1 aliphatic carbocycles. The lowest BCUT2D eigenvalue weighted by molar-refractivity contribution is 0.425. The van der Waals surface area contributed by atoms with Gasteiger partial charge in [-0.15, -0.1) is 11.3 Å². The highest BCUT2D eigenvalue weighted by Crippen LogP contribution is 2.44. The summed E-state index contributed by atoms with van der Waals surface area (Å²) >= 11 is 1.86. The smallest absolute Gasteiger partial charge is 0.124 e. The molecule has 0 saturated heterocycles. The predicted octanol–water partition coefficient (Wildman–Crippen LogP) is 4.88. The van der Waals surface area contributed by atoms with Crippen molar-refractivity contribution in [3.8, 4) is 10.6 Å². The molecule has 1 N–H and O–H groups in total. The number of aryl methyl sites for hydroxylation is 1. The number of thiazole rings is 1. The van der Waals surface area contributed by atoms with Crippen LogP contribution >= 0.6 is 11.3 Å². The molecule has 0 spiro atoms. The van der Waals surface area contributed by atoms with Crippen LogP contribution in [0.25, 0.3) is 10.6 Å². The quantitative estimate of drug-likeness (QED) is 0.870. The number of benzene rings is 1. The summed E-state index contributed by atoms with van der Waals surface area (Å²) in [6.07, 6.45) is 2.61. The number of aromatic nitrogens is 1. The van der Waals surface area contributed by atoms with E-state index in [9.17, 15) is 0 Å². The topological polar surface area (TPSA) is 24.9 Å². The van der Waals surface area contributed by atoms with Crippen LogP contribution in [0.3, 0.4) is 0 Å². The van der Waals surface area contributed by atoms with E-state index in [1.54, 1.807) is 0 Å². The molecule has 1 aliphatic rings. The molecular weight excluding hydrogens is 276 g/mol. The summed E-state index contributed by atoms with van der Waals surface area (Å²) in [5, 5.41) is 4.79. The lowest BCUT2D eigenvalue weighted by Crippen LogP contribution is -2.35. The molecule has 1 fully saturated rings. The highest BCUT2D eigenvalue weighted by Gasteiger charge is 2.30. The Bertz CT molecular complexity index is 633. The average molecular weight is 300 g/mol. The van der Waals surface area contributed by atoms with Crippen LogP contribution < -0.4 is 5.32 Å². The molecule has 3 heteroatoms. The molecule has 0 radical (unpaired) electrons. The molecule has 1 saturated carbocycles. The maximum absolute atomic E-state index is 4.98. The summed E-state index contributed by atoms with van der Waals surface area (Å²) in [5.41, 5.74) is 4.08. The number of hydrogen-bond acceptors (Lipinski definition) is 3. The van der Waals surface area contributed by atoms with Gasteiger partial charge in [0, 0.05) is 28.4 Å². The number of nitrogens with one attached hydrogen (secondary N) is 1. The van der Waals surface area contributed by atoms with E-state index >= 15 is 0 Å². The van der Waals surface area contributed by atoms with Crippen molar-refractivity contribution in [1.29, 1.82) is 0 Å². The second-order valence-electron chi connectivity index (χ2n) is 7.02. The van der Waals surface area contributed by atoms with Crippen LogP contribution in [0.4, 0.5) is 0 Å². The number of nitrogens with zero attached hydrogens (tertiary/aromatic N) is 1. The first-order valence-corrected chi connectivity index (χ1v) is 8.56. The van der Waals surface area contributed by atoms with Gasteiger partial charge in [0.15, 0.2) is 0 Å². The maximum Gasteiger partial charge on any atom is 0.124 e. The Morgan fingerprint density at radius 3 is 2.57 bits per heavy atom. The zero-order valence-electron chi connectivity index (χ0n) is 13.4. The molecule has 2 nitrogen and oxygen atoms in total. The van der Waals surface area contributed by atoms with E-state index in [2.05, 4.69) is 57.3 Å². The maximum atomic E-state index is 4.98. The van der Waals surface area contributed by atoms with Gasteiger partial charge in [-0.25, -0.2) is 4.98 Å².